The van der Waals surface area contributed by atoms with Crippen molar-refractivity contribution in [1.82, 2.24) is 5.32 Å². The van der Waals surface area contributed by atoms with Crippen molar-refractivity contribution in [2.45, 2.75) is 0 Å². The molecule has 2 aromatic carbocycles. The van der Waals surface area contributed by atoms with Gasteiger partial charge in [0.25, 0.3) is 5.91 Å². The van der Waals surface area contributed by atoms with E-state index in [4.69, 9.17) is 0 Å². The Bertz CT molecular complexity index is 678. The van der Waals surface area contributed by atoms with Crippen LogP contribution in [0, 0.1) is 0 Å². The molecular weight excluding hydrogens is 330 g/mol. The molecule has 0 saturated carbocycles. The lowest BCUT2D eigenvalue weighted by Crippen LogP contribution is -2.19. The average Bonchev–Trinajstić information content (AvgIpc) is 3.03. The Morgan fingerprint density at radius 2 is 1.81 bits per heavy atom. The zero-order valence-corrected chi connectivity index (χ0v) is 12.9. The van der Waals surface area contributed by atoms with Gasteiger partial charge in [0.15, 0.2) is 0 Å². The van der Waals surface area contributed by atoms with Crippen LogP contribution in [0.1, 0.15) is 15.9 Å². The summed E-state index contributed by atoms with van der Waals surface area (Å²) in [6, 6.07) is 14.9. The molecule has 0 bridgehead atoms. The summed E-state index contributed by atoms with van der Waals surface area (Å²) in [5.74, 6) is 0.798. The summed E-state index contributed by atoms with van der Waals surface area (Å²) in [7, 11) is 0. The molecule has 1 heterocycles. The molecule has 0 unspecified atom stereocenters. The average molecular weight is 344 g/mol. The Labute approximate surface area is 131 Å². The molecule has 1 aliphatic heterocycles. The summed E-state index contributed by atoms with van der Waals surface area (Å²) in [6.45, 7) is 1.70. The van der Waals surface area contributed by atoms with Gasteiger partial charge in [0, 0.05) is 27.8 Å². The molecule has 5 heteroatoms. The molecule has 2 N–H and O–H groups in total. The van der Waals surface area contributed by atoms with E-state index in [1.807, 2.05) is 36.4 Å². The Morgan fingerprint density at radius 3 is 2.43 bits per heavy atom. The highest BCUT2D eigenvalue weighted by Crippen LogP contribution is 2.14. The third-order valence-corrected chi connectivity index (χ3v) is 3.73. The Kier molecular flexibility index (Phi) is 4.01. The monoisotopic (exact) mass is 343 g/mol. The van der Waals surface area contributed by atoms with E-state index in [2.05, 4.69) is 31.6 Å². The molecule has 0 aromatic heterocycles. The van der Waals surface area contributed by atoms with Crippen LogP contribution >= 0.6 is 15.9 Å². The second kappa shape index (κ2) is 6.10. The number of hydrogen-bond donors (Lipinski definition) is 2. The standard InChI is InChI=1S/C16H14BrN3O/c17-13-5-1-12(2-6-13)16(21)20-14-7-3-11(4-8-14)15-18-9-10-19-15/h1-8H,9-10H2,(H,18,19)(H,20,21). The number of halogens is 1. The summed E-state index contributed by atoms with van der Waals surface area (Å²) in [5.41, 5.74) is 2.43. The molecule has 0 radical (unpaired) electrons. The van der Waals surface area contributed by atoms with Crippen LogP contribution in [0.25, 0.3) is 0 Å². The molecule has 106 valence electrons. The van der Waals surface area contributed by atoms with Gasteiger partial charge >= 0.3 is 0 Å². The number of anilines is 1. The van der Waals surface area contributed by atoms with Gasteiger partial charge in [-0.2, -0.15) is 0 Å². The van der Waals surface area contributed by atoms with Crippen LogP contribution in [0.15, 0.2) is 58.0 Å². The number of nitrogens with zero attached hydrogens (tertiary/aromatic N) is 1. The fraction of sp³-hybridized carbons (Fsp3) is 0.125. The highest BCUT2D eigenvalue weighted by atomic mass is 79.9. The van der Waals surface area contributed by atoms with Crippen LogP contribution < -0.4 is 10.6 Å². The van der Waals surface area contributed by atoms with Gasteiger partial charge < -0.3 is 10.6 Å². The quantitative estimate of drug-likeness (QED) is 0.899. The maximum atomic E-state index is 12.1. The molecular formula is C16H14BrN3O. The molecule has 0 spiro atoms. The molecule has 1 aliphatic rings. The molecule has 21 heavy (non-hydrogen) atoms. The topological polar surface area (TPSA) is 53.5 Å². The number of carbonyl (C=O) groups excluding carboxylic acids is 1. The number of aliphatic imine (C=N–C) groups is 1. The second-order valence-electron chi connectivity index (χ2n) is 4.70. The largest absolute Gasteiger partial charge is 0.368 e. The van der Waals surface area contributed by atoms with Gasteiger partial charge in [-0.25, -0.2) is 0 Å². The number of amides is 1. The SMILES string of the molecule is O=C(Nc1ccc(C2=NCCN2)cc1)c1ccc(Br)cc1. The highest BCUT2D eigenvalue weighted by Gasteiger charge is 2.09. The lowest BCUT2D eigenvalue weighted by atomic mass is 10.1. The minimum atomic E-state index is -0.119. The van der Waals surface area contributed by atoms with E-state index in [1.54, 1.807) is 12.1 Å². The predicted octanol–water partition coefficient (Wildman–Crippen LogP) is 3.05. The number of carbonyl (C=O) groups is 1. The smallest absolute Gasteiger partial charge is 0.255 e. The Morgan fingerprint density at radius 1 is 1.10 bits per heavy atom. The summed E-state index contributed by atoms with van der Waals surface area (Å²) >= 11 is 3.35. The predicted molar refractivity (Wildman–Crippen MR) is 87.9 cm³/mol. The van der Waals surface area contributed by atoms with Crippen molar-refractivity contribution in [2.75, 3.05) is 18.4 Å². The lowest BCUT2D eigenvalue weighted by Gasteiger charge is -2.07. The fourth-order valence-electron chi connectivity index (χ4n) is 2.11. The number of benzene rings is 2. The van der Waals surface area contributed by atoms with Gasteiger partial charge in [-0.15, -0.1) is 0 Å². The molecule has 4 nitrogen and oxygen atoms in total. The summed E-state index contributed by atoms with van der Waals surface area (Å²) in [6.07, 6.45) is 0. The van der Waals surface area contributed by atoms with Crippen molar-refractivity contribution in [3.05, 3.63) is 64.1 Å². The van der Waals surface area contributed by atoms with E-state index < -0.39 is 0 Å². The number of rotatable bonds is 3. The maximum absolute atomic E-state index is 12.1. The van der Waals surface area contributed by atoms with E-state index in [-0.39, 0.29) is 5.91 Å². The third kappa shape index (κ3) is 3.31. The Balaban J connectivity index is 1.70. The molecule has 3 rings (SSSR count). The fourth-order valence-corrected chi connectivity index (χ4v) is 2.37. The molecule has 2 aromatic rings. The molecule has 0 atom stereocenters. The van der Waals surface area contributed by atoms with Crippen molar-refractivity contribution < 1.29 is 4.79 Å². The maximum Gasteiger partial charge on any atom is 0.255 e. The van der Waals surface area contributed by atoms with E-state index in [9.17, 15) is 4.79 Å². The minimum absolute atomic E-state index is 0.119. The number of hydrogen-bond acceptors (Lipinski definition) is 3. The van der Waals surface area contributed by atoms with E-state index in [1.165, 1.54) is 0 Å². The molecule has 0 fully saturated rings. The Hall–Kier alpha value is -2.14. The van der Waals surface area contributed by atoms with Crippen molar-refractivity contribution in [3.8, 4) is 0 Å². The first-order valence-electron chi connectivity index (χ1n) is 6.68. The number of nitrogens with one attached hydrogen (secondary N) is 2. The van der Waals surface area contributed by atoms with E-state index in [0.717, 1.165) is 34.6 Å². The van der Waals surface area contributed by atoms with Crippen molar-refractivity contribution in [2.24, 2.45) is 4.99 Å². The second-order valence-corrected chi connectivity index (χ2v) is 5.61. The van der Waals surface area contributed by atoms with Gasteiger partial charge in [0.1, 0.15) is 5.84 Å². The molecule has 0 aliphatic carbocycles. The first-order chi connectivity index (χ1) is 10.2. The van der Waals surface area contributed by atoms with Gasteiger partial charge in [-0.1, -0.05) is 15.9 Å². The summed E-state index contributed by atoms with van der Waals surface area (Å²) in [5, 5.41) is 6.10. The van der Waals surface area contributed by atoms with Gasteiger partial charge in [-0.3, -0.25) is 9.79 Å². The zero-order chi connectivity index (χ0) is 14.7. The van der Waals surface area contributed by atoms with Crippen LogP contribution in [-0.4, -0.2) is 24.8 Å². The third-order valence-electron chi connectivity index (χ3n) is 3.20. The van der Waals surface area contributed by atoms with E-state index >= 15 is 0 Å². The van der Waals surface area contributed by atoms with Crippen LogP contribution in [0.2, 0.25) is 0 Å². The van der Waals surface area contributed by atoms with Crippen molar-refractivity contribution in [3.63, 3.8) is 0 Å². The first-order valence-corrected chi connectivity index (χ1v) is 7.47. The number of amidine groups is 1. The van der Waals surface area contributed by atoms with Crippen LogP contribution in [0.5, 0.6) is 0 Å². The summed E-state index contributed by atoms with van der Waals surface area (Å²) in [4.78, 5) is 16.5. The van der Waals surface area contributed by atoms with Gasteiger partial charge in [-0.05, 0) is 48.5 Å². The van der Waals surface area contributed by atoms with Crippen LogP contribution in [0.3, 0.4) is 0 Å². The highest BCUT2D eigenvalue weighted by molar-refractivity contribution is 9.10. The normalized spacial score (nSPS) is 13.5. The van der Waals surface area contributed by atoms with Gasteiger partial charge in [0.2, 0.25) is 0 Å². The lowest BCUT2D eigenvalue weighted by molar-refractivity contribution is 0.102. The molecule has 1 amide bonds. The van der Waals surface area contributed by atoms with Crippen LogP contribution in [0.4, 0.5) is 5.69 Å². The van der Waals surface area contributed by atoms with E-state index in [0.29, 0.717) is 5.56 Å². The van der Waals surface area contributed by atoms with Gasteiger partial charge in [0.05, 0.1) is 6.54 Å². The van der Waals surface area contributed by atoms with Crippen LogP contribution in [-0.2, 0) is 0 Å². The van der Waals surface area contributed by atoms with Crippen molar-refractivity contribution in [1.29, 1.82) is 0 Å². The first kappa shape index (κ1) is 13.8. The summed E-state index contributed by atoms with van der Waals surface area (Å²) < 4.78 is 0.952. The zero-order valence-electron chi connectivity index (χ0n) is 11.3. The molecule has 0 saturated heterocycles. The van der Waals surface area contributed by atoms with Crippen molar-refractivity contribution >= 4 is 33.4 Å². The minimum Gasteiger partial charge on any atom is -0.368 e.